The number of nitrogens with one attached hydrogen (secondary N) is 1. The van der Waals surface area contributed by atoms with E-state index in [0.717, 1.165) is 0 Å². The maximum atomic E-state index is 12.5. The standard InChI is InChI=1S/C21H22N2O6/c1-23-17-8-13(4-6-19(17)29-12-21(23)26)18(24)5-7-20(25)22-14-9-15(27-2)11-16(10-14)28-3/h4,6,8-11H,5,7,12H2,1-3H3,(H,22,25). The summed E-state index contributed by atoms with van der Waals surface area (Å²) >= 11 is 0. The Hall–Kier alpha value is -3.55. The van der Waals surface area contributed by atoms with Crippen LogP contribution in [-0.4, -0.2) is 45.5 Å². The third-order valence-electron chi connectivity index (χ3n) is 4.58. The molecule has 0 saturated heterocycles. The Labute approximate surface area is 168 Å². The van der Waals surface area contributed by atoms with Gasteiger partial charge >= 0.3 is 0 Å². The molecule has 0 aromatic heterocycles. The number of likely N-dealkylation sites (N-methyl/N-ethyl adjacent to an activating group) is 1. The number of methoxy groups -OCH3 is 2. The molecule has 1 aliphatic heterocycles. The summed E-state index contributed by atoms with van der Waals surface area (Å²) < 4.78 is 15.7. The Bertz CT molecular complexity index is 934. The smallest absolute Gasteiger partial charge is 0.264 e. The first-order chi connectivity index (χ1) is 13.9. The number of rotatable bonds is 7. The maximum absolute atomic E-state index is 12.5. The first kappa shape index (κ1) is 20.2. The highest BCUT2D eigenvalue weighted by Gasteiger charge is 2.23. The van der Waals surface area contributed by atoms with Crippen molar-refractivity contribution in [1.82, 2.24) is 0 Å². The summed E-state index contributed by atoms with van der Waals surface area (Å²) in [6, 6.07) is 9.93. The fraction of sp³-hybridized carbons (Fsp3) is 0.286. The summed E-state index contributed by atoms with van der Waals surface area (Å²) in [7, 11) is 4.68. The molecule has 2 aromatic rings. The van der Waals surface area contributed by atoms with Gasteiger partial charge in [0.15, 0.2) is 12.4 Å². The van der Waals surface area contributed by atoms with Crippen molar-refractivity contribution in [2.75, 3.05) is 38.1 Å². The average molecular weight is 398 g/mol. The van der Waals surface area contributed by atoms with Crippen LogP contribution >= 0.6 is 0 Å². The molecule has 0 fully saturated rings. The molecule has 152 valence electrons. The van der Waals surface area contributed by atoms with Crippen LogP contribution in [0, 0.1) is 0 Å². The molecule has 2 amide bonds. The van der Waals surface area contributed by atoms with Crippen molar-refractivity contribution in [2.24, 2.45) is 0 Å². The van der Waals surface area contributed by atoms with Gasteiger partial charge in [0.25, 0.3) is 5.91 Å². The van der Waals surface area contributed by atoms with Gasteiger partial charge in [0.2, 0.25) is 5.91 Å². The lowest BCUT2D eigenvalue weighted by atomic mass is 10.0. The summed E-state index contributed by atoms with van der Waals surface area (Å²) in [5.41, 5.74) is 1.48. The lowest BCUT2D eigenvalue weighted by molar-refractivity contribution is -0.121. The lowest BCUT2D eigenvalue weighted by Gasteiger charge is -2.26. The van der Waals surface area contributed by atoms with Gasteiger partial charge in [-0.15, -0.1) is 0 Å². The molecule has 0 radical (unpaired) electrons. The van der Waals surface area contributed by atoms with Gasteiger partial charge in [-0.3, -0.25) is 14.4 Å². The number of ketones is 1. The van der Waals surface area contributed by atoms with E-state index in [1.807, 2.05) is 0 Å². The molecule has 0 atom stereocenters. The van der Waals surface area contributed by atoms with E-state index in [9.17, 15) is 14.4 Å². The lowest BCUT2D eigenvalue weighted by Crippen LogP contribution is -2.35. The number of Topliss-reactive ketones (excluding diaryl/α,β-unsaturated/α-hetero) is 1. The van der Waals surface area contributed by atoms with Crippen molar-refractivity contribution in [3.05, 3.63) is 42.0 Å². The minimum absolute atomic E-state index is 0.0146. The molecular weight excluding hydrogens is 376 g/mol. The number of hydrogen-bond acceptors (Lipinski definition) is 6. The van der Waals surface area contributed by atoms with Gasteiger partial charge < -0.3 is 24.4 Å². The second kappa shape index (κ2) is 8.64. The summed E-state index contributed by atoms with van der Waals surface area (Å²) in [5, 5.41) is 2.74. The molecule has 3 rings (SSSR count). The normalized spacial score (nSPS) is 12.7. The number of ether oxygens (including phenoxy) is 3. The van der Waals surface area contributed by atoms with Crippen molar-refractivity contribution < 1.29 is 28.6 Å². The molecule has 8 nitrogen and oxygen atoms in total. The van der Waals surface area contributed by atoms with Crippen LogP contribution in [0.15, 0.2) is 36.4 Å². The summed E-state index contributed by atoms with van der Waals surface area (Å²) in [5.74, 6) is 0.958. The van der Waals surface area contributed by atoms with Crippen molar-refractivity contribution in [3.8, 4) is 17.2 Å². The summed E-state index contributed by atoms with van der Waals surface area (Å²) in [6.07, 6.45) is 0.0466. The number of carbonyl (C=O) groups is 3. The van der Waals surface area contributed by atoms with Gasteiger partial charge in [-0.1, -0.05) is 0 Å². The molecular formula is C21H22N2O6. The molecule has 0 bridgehead atoms. The molecule has 0 aliphatic carbocycles. The number of hydrogen-bond donors (Lipinski definition) is 1. The summed E-state index contributed by atoms with van der Waals surface area (Å²) in [4.78, 5) is 38.0. The van der Waals surface area contributed by atoms with Gasteiger partial charge in [-0.25, -0.2) is 0 Å². The van der Waals surface area contributed by atoms with Crippen LogP contribution < -0.4 is 24.4 Å². The fourth-order valence-electron chi connectivity index (χ4n) is 2.92. The molecule has 1 heterocycles. The highest BCUT2D eigenvalue weighted by molar-refractivity contribution is 6.03. The highest BCUT2D eigenvalue weighted by Crippen LogP contribution is 2.32. The van der Waals surface area contributed by atoms with Crippen molar-refractivity contribution >= 4 is 29.0 Å². The van der Waals surface area contributed by atoms with E-state index in [2.05, 4.69) is 5.32 Å². The van der Waals surface area contributed by atoms with E-state index in [0.29, 0.717) is 34.2 Å². The second-order valence-electron chi connectivity index (χ2n) is 6.50. The predicted molar refractivity (Wildman–Crippen MR) is 107 cm³/mol. The molecule has 29 heavy (non-hydrogen) atoms. The van der Waals surface area contributed by atoms with E-state index < -0.39 is 0 Å². The Morgan fingerprint density at radius 2 is 1.76 bits per heavy atom. The minimum Gasteiger partial charge on any atom is -0.497 e. The monoisotopic (exact) mass is 398 g/mol. The molecule has 8 heteroatoms. The zero-order chi connectivity index (χ0) is 21.0. The number of nitrogens with zero attached hydrogens (tertiary/aromatic N) is 1. The zero-order valence-electron chi connectivity index (χ0n) is 16.5. The van der Waals surface area contributed by atoms with Gasteiger partial charge in [0.1, 0.15) is 17.2 Å². The predicted octanol–water partition coefficient (Wildman–Crippen LogP) is 2.66. The van der Waals surface area contributed by atoms with Crippen molar-refractivity contribution in [1.29, 1.82) is 0 Å². The van der Waals surface area contributed by atoms with Crippen molar-refractivity contribution in [2.45, 2.75) is 12.8 Å². The number of benzene rings is 2. The van der Waals surface area contributed by atoms with Crippen molar-refractivity contribution in [3.63, 3.8) is 0 Å². The Morgan fingerprint density at radius 3 is 2.41 bits per heavy atom. The number of amides is 2. The topological polar surface area (TPSA) is 94.2 Å². The van der Waals surface area contributed by atoms with E-state index in [1.165, 1.54) is 19.1 Å². The highest BCUT2D eigenvalue weighted by atomic mass is 16.5. The number of anilines is 2. The summed E-state index contributed by atoms with van der Waals surface area (Å²) in [6.45, 7) is -0.0218. The van der Waals surface area contributed by atoms with Gasteiger partial charge in [0, 0.05) is 49.3 Å². The Morgan fingerprint density at radius 1 is 1.07 bits per heavy atom. The Balaban J connectivity index is 1.62. The first-order valence-corrected chi connectivity index (χ1v) is 9.01. The van der Waals surface area contributed by atoms with E-state index >= 15 is 0 Å². The van der Waals surface area contributed by atoms with Gasteiger partial charge in [-0.05, 0) is 18.2 Å². The van der Waals surface area contributed by atoms with E-state index in [4.69, 9.17) is 14.2 Å². The van der Waals surface area contributed by atoms with Gasteiger partial charge in [0.05, 0.1) is 19.9 Å². The largest absolute Gasteiger partial charge is 0.497 e. The average Bonchev–Trinajstić information content (AvgIpc) is 2.74. The fourth-order valence-corrected chi connectivity index (χ4v) is 2.92. The van der Waals surface area contributed by atoms with Crippen LogP contribution in [-0.2, 0) is 9.59 Å². The third kappa shape index (κ3) is 4.66. The van der Waals surface area contributed by atoms with E-state index in [1.54, 1.807) is 43.4 Å². The molecule has 2 aromatic carbocycles. The third-order valence-corrected chi connectivity index (χ3v) is 4.58. The van der Waals surface area contributed by atoms with Crippen LogP contribution in [0.4, 0.5) is 11.4 Å². The quantitative estimate of drug-likeness (QED) is 0.721. The Kier molecular flexibility index (Phi) is 6.01. The zero-order valence-corrected chi connectivity index (χ0v) is 16.5. The molecule has 0 unspecified atom stereocenters. The molecule has 1 aliphatic rings. The van der Waals surface area contributed by atoms with Crippen LogP contribution in [0.5, 0.6) is 17.2 Å². The maximum Gasteiger partial charge on any atom is 0.264 e. The molecule has 0 saturated carbocycles. The van der Waals surface area contributed by atoms with Crippen LogP contribution in [0.25, 0.3) is 0 Å². The first-order valence-electron chi connectivity index (χ1n) is 9.01. The minimum atomic E-state index is -0.303. The number of fused-ring (bicyclic) bond motifs is 1. The van der Waals surface area contributed by atoms with Crippen LogP contribution in [0.1, 0.15) is 23.2 Å². The molecule has 0 spiro atoms. The number of carbonyl (C=O) groups excluding carboxylic acids is 3. The second-order valence-corrected chi connectivity index (χ2v) is 6.50. The molecule has 1 N–H and O–H groups in total. The SMILES string of the molecule is COc1cc(NC(=O)CCC(=O)c2ccc3c(c2)N(C)C(=O)CO3)cc(OC)c1. The van der Waals surface area contributed by atoms with Crippen LogP contribution in [0.3, 0.4) is 0 Å². The van der Waals surface area contributed by atoms with E-state index in [-0.39, 0.29) is 37.0 Å². The van der Waals surface area contributed by atoms with Crippen LogP contribution in [0.2, 0.25) is 0 Å². The van der Waals surface area contributed by atoms with Gasteiger partial charge in [-0.2, -0.15) is 0 Å².